The SMILES string of the molecule is CNC(Cc1cccc(OC)c1)C(=O)OC. The lowest BCUT2D eigenvalue weighted by Crippen LogP contribution is -2.36. The quantitative estimate of drug-likeness (QED) is 0.756. The number of hydrogen-bond acceptors (Lipinski definition) is 4. The van der Waals surface area contributed by atoms with Crippen LogP contribution >= 0.6 is 0 Å². The lowest BCUT2D eigenvalue weighted by atomic mass is 10.1. The van der Waals surface area contributed by atoms with Crippen LogP contribution in [-0.4, -0.2) is 33.3 Å². The zero-order valence-corrected chi connectivity index (χ0v) is 9.82. The number of carbonyl (C=O) groups excluding carboxylic acids is 1. The Hall–Kier alpha value is -1.55. The molecule has 1 aromatic rings. The molecular weight excluding hydrogens is 206 g/mol. The molecule has 0 bridgehead atoms. The number of nitrogens with one attached hydrogen (secondary N) is 1. The molecule has 1 unspecified atom stereocenters. The average molecular weight is 223 g/mol. The highest BCUT2D eigenvalue weighted by Gasteiger charge is 2.17. The molecule has 0 fully saturated rings. The van der Waals surface area contributed by atoms with Gasteiger partial charge in [0.15, 0.2) is 0 Å². The van der Waals surface area contributed by atoms with Crippen LogP contribution in [-0.2, 0) is 16.0 Å². The first-order valence-electron chi connectivity index (χ1n) is 5.09. The number of rotatable bonds is 5. The summed E-state index contributed by atoms with van der Waals surface area (Å²) in [6, 6.07) is 7.31. The van der Waals surface area contributed by atoms with E-state index in [1.807, 2.05) is 24.3 Å². The summed E-state index contributed by atoms with van der Waals surface area (Å²) in [6.07, 6.45) is 0.584. The molecule has 1 rings (SSSR count). The van der Waals surface area contributed by atoms with E-state index in [2.05, 4.69) is 5.32 Å². The average Bonchev–Trinajstić information content (AvgIpc) is 2.35. The first-order chi connectivity index (χ1) is 7.71. The largest absolute Gasteiger partial charge is 0.497 e. The summed E-state index contributed by atoms with van der Waals surface area (Å²) in [6.45, 7) is 0. The van der Waals surface area contributed by atoms with Crippen molar-refractivity contribution in [3.05, 3.63) is 29.8 Å². The number of benzene rings is 1. The van der Waals surface area contributed by atoms with Crippen LogP contribution in [0.5, 0.6) is 5.75 Å². The van der Waals surface area contributed by atoms with E-state index in [1.165, 1.54) is 7.11 Å². The topological polar surface area (TPSA) is 47.6 Å². The van der Waals surface area contributed by atoms with Crippen molar-refractivity contribution in [2.75, 3.05) is 21.3 Å². The van der Waals surface area contributed by atoms with Crippen LogP contribution < -0.4 is 10.1 Å². The van der Waals surface area contributed by atoms with Gasteiger partial charge in [0.05, 0.1) is 14.2 Å². The van der Waals surface area contributed by atoms with Gasteiger partial charge in [-0.25, -0.2) is 0 Å². The van der Waals surface area contributed by atoms with Crippen molar-refractivity contribution >= 4 is 5.97 Å². The molecule has 0 amide bonds. The third kappa shape index (κ3) is 3.24. The Kier molecular flexibility index (Phi) is 4.79. The molecule has 0 aliphatic rings. The molecule has 1 aromatic carbocycles. The Labute approximate surface area is 95.6 Å². The summed E-state index contributed by atoms with van der Waals surface area (Å²) >= 11 is 0. The van der Waals surface area contributed by atoms with E-state index in [0.29, 0.717) is 6.42 Å². The number of hydrogen-bond donors (Lipinski definition) is 1. The summed E-state index contributed by atoms with van der Waals surface area (Å²) in [5, 5.41) is 2.92. The van der Waals surface area contributed by atoms with E-state index in [9.17, 15) is 4.79 Å². The molecule has 0 radical (unpaired) electrons. The van der Waals surface area contributed by atoms with Crippen LogP contribution in [0.15, 0.2) is 24.3 Å². The molecule has 1 atom stereocenters. The first-order valence-corrected chi connectivity index (χ1v) is 5.09. The fraction of sp³-hybridized carbons (Fsp3) is 0.417. The normalized spacial score (nSPS) is 11.9. The van der Waals surface area contributed by atoms with Gasteiger partial charge in [-0.15, -0.1) is 0 Å². The molecule has 0 saturated carbocycles. The van der Waals surface area contributed by atoms with Crippen LogP contribution in [0, 0.1) is 0 Å². The van der Waals surface area contributed by atoms with E-state index in [4.69, 9.17) is 9.47 Å². The van der Waals surface area contributed by atoms with Gasteiger partial charge in [-0.05, 0) is 31.2 Å². The molecule has 0 heterocycles. The van der Waals surface area contributed by atoms with Gasteiger partial charge in [-0.3, -0.25) is 4.79 Å². The maximum absolute atomic E-state index is 11.4. The Bertz CT molecular complexity index is 352. The number of methoxy groups -OCH3 is 2. The highest BCUT2D eigenvalue weighted by molar-refractivity contribution is 5.76. The minimum absolute atomic E-state index is 0.259. The maximum Gasteiger partial charge on any atom is 0.323 e. The summed E-state index contributed by atoms with van der Waals surface area (Å²) in [4.78, 5) is 11.4. The molecule has 0 aliphatic carbocycles. The lowest BCUT2D eigenvalue weighted by molar-refractivity contribution is -0.142. The van der Waals surface area contributed by atoms with Gasteiger partial charge in [0, 0.05) is 0 Å². The third-order valence-corrected chi connectivity index (χ3v) is 2.41. The van der Waals surface area contributed by atoms with E-state index in [1.54, 1.807) is 14.2 Å². The molecule has 0 saturated heterocycles. The third-order valence-electron chi connectivity index (χ3n) is 2.41. The predicted octanol–water partition coefficient (Wildman–Crippen LogP) is 0.999. The van der Waals surface area contributed by atoms with Crippen molar-refractivity contribution in [3.63, 3.8) is 0 Å². The van der Waals surface area contributed by atoms with E-state index >= 15 is 0 Å². The van der Waals surface area contributed by atoms with Gasteiger partial charge in [0.25, 0.3) is 0 Å². The zero-order chi connectivity index (χ0) is 12.0. The summed E-state index contributed by atoms with van der Waals surface area (Å²) in [5.41, 5.74) is 1.03. The minimum Gasteiger partial charge on any atom is -0.497 e. The van der Waals surface area contributed by atoms with Gasteiger partial charge in [0.2, 0.25) is 0 Å². The van der Waals surface area contributed by atoms with Gasteiger partial charge < -0.3 is 14.8 Å². The Morgan fingerprint density at radius 2 is 2.19 bits per heavy atom. The van der Waals surface area contributed by atoms with E-state index < -0.39 is 0 Å². The zero-order valence-electron chi connectivity index (χ0n) is 9.82. The molecule has 4 nitrogen and oxygen atoms in total. The van der Waals surface area contributed by atoms with Crippen molar-refractivity contribution in [2.24, 2.45) is 0 Å². The smallest absolute Gasteiger partial charge is 0.323 e. The monoisotopic (exact) mass is 223 g/mol. The van der Waals surface area contributed by atoms with Gasteiger partial charge >= 0.3 is 5.97 Å². The number of likely N-dealkylation sites (N-methyl/N-ethyl adjacent to an activating group) is 1. The van der Waals surface area contributed by atoms with Crippen molar-refractivity contribution in [2.45, 2.75) is 12.5 Å². The maximum atomic E-state index is 11.4. The molecule has 4 heteroatoms. The Morgan fingerprint density at radius 1 is 1.44 bits per heavy atom. The Balaban J connectivity index is 2.73. The summed E-state index contributed by atoms with van der Waals surface area (Å²) in [5.74, 6) is 0.530. The molecular formula is C12H17NO3. The van der Waals surface area contributed by atoms with Crippen LogP contribution in [0.25, 0.3) is 0 Å². The molecule has 0 aliphatic heterocycles. The van der Waals surface area contributed by atoms with Crippen molar-refractivity contribution in [1.29, 1.82) is 0 Å². The summed E-state index contributed by atoms with van der Waals surface area (Å²) < 4.78 is 9.82. The fourth-order valence-electron chi connectivity index (χ4n) is 1.48. The molecule has 0 aromatic heterocycles. The van der Waals surface area contributed by atoms with Gasteiger partial charge in [0.1, 0.15) is 11.8 Å². The van der Waals surface area contributed by atoms with Crippen LogP contribution in [0.2, 0.25) is 0 Å². The number of esters is 1. The van der Waals surface area contributed by atoms with E-state index in [-0.39, 0.29) is 12.0 Å². The van der Waals surface area contributed by atoms with Crippen molar-refractivity contribution < 1.29 is 14.3 Å². The van der Waals surface area contributed by atoms with Crippen LogP contribution in [0.1, 0.15) is 5.56 Å². The highest BCUT2D eigenvalue weighted by atomic mass is 16.5. The van der Waals surface area contributed by atoms with Crippen molar-refractivity contribution in [3.8, 4) is 5.75 Å². The fourth-order valence-corrected chi connectivity index (χ4v) is 1.48. The van der Waals surface area contributed by atoms with Crippen LogP contribution in [0.3, 0.4) is 0 Å². The first kappa shape index (κ1) is 12.5. The number of ether oxygens (including phenoxy) is 2. The molecule has 1 N–H and O–H groups in total. The molecule has 16 heavy (non-hydrogen) atoms. The Morgan fingerprint density at radius 3 is 2.75 bits per heavy atom. The minimum atomic E-state index is -0.322. The second-order valence-corrected chi connectivity index (χ2v) is 3.42. The van der Waals surface area contributed by atoms with E-state index in [0.717, 1.165) is 11.3 Å². The van der Waals surface area contributed by atoms with Gasteiger partial charge in [-0.1, -0.05) is 12.1 Å². The van der Waals surface area contributed by atoms with Gasteiger partial charge in [-0.2, -0.15) is 0 Å². The molecule has 88 valence electrons. The van der Waals surface area contributed by atoms with Crippen LogP contribution in [0.4, 0.5) is 0 Å². The summed E-state index contributed by atoms with van der Waals surface area (Å²) in [7, 11) is 4.75. The lowest BCUT2D eigenvalue weighted by Gasteiger charge is -2.13. The van der Waals surface area contributed by atoms with Crippen molar-refractivity contribution in [1.82, 2.24) is 5.32 Å². The standard InChI is InChI=1S/C12H17NO3/c1-13-11(12(14)16-3)8-9-5-4-6-10(7-9)15-2/h4-7,11,13H,8H2,1-3H3. The predicted molar refractivity (Wildman–Crippen MR) is 61.6 cm³/mol. The molecule has 0 spiro atoms. The number of carbonyl (C=O) groups is 1. The second-order valence-electron chi connectivity index (χ2n) is 3.42. The second kappa shape index (κ2) is 6.12. The highest BCUT2D eigenvalue weighted by Crippen LogP contribution is 2.14.